The summed E-state index contributed by atoms with van der Waals surface area (Å²) in [5.41, 5.74) is -0.202. The first-order valence-electron chi connectivity index (χ1n) is 11.4. The number of nitrogens with one attached hydrogen (secondary N) is 2. The summed E-state index contributed by atoms with van der Waals surface area (Å²) in [6.07, 6.45) is -0.0327. The highest BCUT2D eigenvalue weighted by molar-refractivity contribution is 6.00. The van der Waals surface area contributed by atoms with E-state index in [0.29, 0.717) is 18.5 Å². The summed E-state index contributed by atoms with van der Waals surface area (Å²) in [6.45, 7) is 6.59. The monoisotopic (exact) mass is 475 g/mol. The number of esters is 1. The van der Waals surface area contributed by atoms with Crippen molar-refractivity contribution in [3.63, 3.8) is 0 Å². The number of carbonyl (C=O) groups is 5. The van der Waals surface area contributed by atoms with Crippen molar-refractivity contribution >= 4 is 35.5 Å². The van der Waals surface area contributed by atoms with Crippen LogP contribution in [0.15, 0.2) is 30.3 Å². The van der Waals surface area contributed by atoms with Crippen LogP contribution in [0, 0.1) is 5.92 Å². The van der Waals surface area contributed by atoms with Crippen molar-refractivity contribution in [1.29, 1.82) is 0 Å². The molecule has 0 spiro atoms. The number of anilines is 1. The Morgan fingerprint density at radius 2 is 1.76 bits per heavy atom. The maximum absolute atomic E-state index is 12.9. The largest absolute Gasteiger partial charge is 0.464 e. The van der Waals surface area contributed by atoms with Gasteiger partial charge in [-0.2, -0.15) is 0 Å². The third-order valence-electron chi connectivity index (χ3n) is 5.02. The van der Waals surface area contributed by atoms with Gasteiger partial charge >= 0.3 is 12.1 Å². The molecule has 186 valence electrons. The third kappa shape index (κ3) is 8.17. The van der Waals surface area contributed by atoms with E-state index >= 15 is 0 Å². The van der Waals surface area contributed by atoms with Crippen molar-refractivity contribution in [2.75, 3.05) is 18.5 Å². The minimum absolute atomic E-state index is 0.0961. The molecule has 1 aromatic carbocycles. The fourth-order valence-electron chi connectivity index (χ4n) is 3.54. The lowest BCUT2D eigenvalue weighted by Crippen LogP contribution is -2.46. The molecule has 1 fully saturated rings. The van der Waals surface area contributed by atoms with Crippen LogP contribution in [0.1, 0.15) is 53.4 Å². The van der Waals surface area contributed by atoms with Crippen LogP contribution in [0.3, 0.4) is 0 Å². The Morgan fingerprint density at radius 3 is 2.38 bits per heavy atom. The van der Waals surface area contributed by atoms with Gasteiger partial charge in [0.25, 0.3) is 0 Å². The molecule has 1 aliphatic heterocycles. The van der Waals surface area contributed by atoms with E-state index in [4.69, 9.17) is 9.47 Å². The van der Waals surface area contributed by atoms with Crippen LogP contribution in [0.5, 0.6) is 0 Å². The van der Waals surface area contributed by atoms with E-state index in [1.807, 2.05) is 6.07 Å². The van der Waals surface area contributed by atoms with Gasteiger partial charge in [0.2, 0.25) is 17.7 Å². The maximum atomic E-state index is 12.9. The maximum Gasteiger partial charge on any atom is 0.417 e. The van der Waals surface area contributed by atoms with E-state index in [1.165, 1.54) is 0 Å². The van der Waals surface area contributed by atoms with Gasteiger partial charge in [0.15, 0.2) is 0 Å². The van der Waals surface area contributed by atoms with Crippen molar-refractivity contribution in [3.8, 4) is 0 Å². The predicted molar refractivity (Wildman–Crippen MR) is 124 cm³/mol. The number of carbonyl (C=O) groups excluding carboxylic acids is 5. The molecule has 34 heavy (non-hydrogen) atoms. The molecule has 0 aliphatic carbocycles. The Labute approximate surface area is 199 Å². The Bertz CT molecular complexity index is 896. The number of ether oxygens (including phenoxy) is 2. The van der Waals surface area contributed by atoms with E-state index in [2.05, 4.69) is 10.6 Å². The molecule has 4 amide bonds. The van der Waals surface area contributed by atoms with E-state index in [0.717, 1.165) is 4.90 Å². The Hall–Kier alpha value is -3.43. The van der Waals surface area contributed by atoms with Gasteiger partial charge in [-0.1, -0.05) is 18.2 Å². The van der Waals surface area contributed by atoms with Gasteiger partial charge < -0.3 is 20.1 Å². The summed E-state index contributed by atoms with van der Waals surface area (Å²) in [5, 5.41) is 5.21. The summed E-state index contributed by atoms with van der Waals surface area (Å²) in [6, 6.07) is 7.83. The first-order valence-corrected chi connectivity index (χ1v) is 11.4. The molecule has 0 radical (unpaired) electrons. The highest BCUT2D eigenvalue weighted by Gasteiger charge is 2.48. The van der Waals surface area contributed by atoms with Crippen LogP contribution in [-0.2, 0) is 28.7 Å². The van der Waals surface area contributed by atoms with Gasteiger partial charge in [0.1, 0.15) is 11.6 Å². The molecular formula is C24H33N3O7. The van der Waals surface area contributed by atoms with Crippen LogP contribution >= 0.6 is 0 Å². The van der Waals surface area contributed by atoms with Crippen molar-refractivity contribution in [2.45, 2.75) is 65.0 Å². The molecule has 1 aliphatic rings. The average Bonchev–Trinajstić information content (AvgIpc) is 3.08. The summed E-state index contributed by atoms with van der Waals surface area (Å²) in [5.74, 6) is -2.48. The topological polar surface area (TPSA) is 131 Å². The van der Waals surface area contributed by atoms with Crippen LogP contribution in [-0.4, -0.2) is 59.5 Å². The molecule has 1 aromatic rings. The van der Waals surface area contributed by atoms with Gasteiger partial charge in [-0.25, -0.2) is 14.5 Å². The number of para-hydroxylation sites is 1. The second-order valence-electron chi connectivity index (χ2n) is 8.97. The number of amides is 4. The lowest BCUT2D eigenvalue weighted by atomic mass is 9.98. The second kappa shape index (κ2) is 12.2. The smallest absolute Gasteiger partial charge is 0.417 e. The minimum atomic E-state index is -1.05. The number of imide groups is 1. The lowest BCUT2D eigenvalue weighted by molar-refractivity contribution is -0.151. The Morgan fingerprint density at radius 1 is 1.09 bits per heavy atom. The summed E-state index contributed by atoms with van der Waals surface area (Å²) in [4.78, 5) is 62.7. The lowest BCUT2D eigenvalue weighted by Gasteiger charge is -2.26. The summed E-state index contributed by atoms with van der Waals surface area (Å²) < 4.78 is 10.3. The number of hydrogen-bond donors (Lipinski definition) is 2. The Kier molecular flexibility index (Phi) is 9.58. The molecule has 2 rings (SSSR count). The van der Waals surface area contributed by atoms with E-state index in [9.17, 15) is 24.0 Å². The van der Waals surface area contributed by atoms with Crippen LogP contribution in [0.25, 0.3) is 0 Å². The zero-order valence-electron chi connectivity index (χ0n) is 20.1. The minimum Gasteiger partial charge on any atom is -0.464 e. The molecule has 0 saturated carbocycles. The summed E-state index contributed by atoms with van der Waals surface area (Å²) >= 11 is 0. The number of nitrogens with zero attached hydrogens (tertiary/aromatic N) is 1. The number of rotatable bonds is 9. The van der Waals surface area contributed by atoms with E-state index < -0.39 is 35.5 Å². The van der Waals surface area contributed by atoms with Gasteiger partial charge in [-0.15, -0.1) is 0 Å². The first kappa shape index (κ1) is 26.8. The highest BCUT2D eigenvalue weighted by Crippen LogP contribution is 2.31. The predicted octanol–water partition coefficient (Wildman–Crippen LogP) is 2.63. The van der Waals surface area contributed by atoms with E-state index in [-0.39, 0.29) is 37.8 Å². The fourth-order valence-corrected chi connectivity index (χ4v) is 3.54. The number of likely N-dealkylation sites (tertiary alicyclic amines) is 1. The average molecular weight is 476 g/mol. The molecule has 1 heterocycles. The van der Waals surface area contributed by atoms with Crippen molar-refractivity contribution in [3.05, 3.63) is 30.3 Å². The second-order valence-corrected chi connectivity index (χ2v) is 8.97. The van der Waals surface area contributed by atoms with Crippen LogP contribution in [0.2, 0.25) is 0 Å². The zero-order valence-corrected chi connectivity index (χ0v) is 20.1. The summed E-state index contributed by atoms with van der Waals surface area (Å²) in [7, 11) is 0. The van der Waals surface area contributed by atoms with Gasteiger partial charge in [0.05, 0.1) is 13.2 Å². The number of hydrogen-bond acceptors (Lipinski definition) is 7. The standard InChI is InChI=1S/C24H33N3O7/c1-5-33-22(31)18-14-16(21(30)27(18)23(32)34-24(2,3)4)10-9-13-19(28)25-15-20(29)26-17-11-7-6-8-12-17/h6-8,11-12,16,18H,5,9-10,13-15H2,1-4H3,(H,25,28)(H,26,29)/t16-,18?/m1/s1. The van der Waals surface area contributed by atoms with Gasteiger partial charge in [0, 0.05) is 18.0 Å². The van der Waals surface area contributed by atoms with Crippen molar-refractivity contribution in [1.82, 2.24) is 10.2 Å². The molecule has 0 bridgehead atoms. The van der Waals surface area contributed by atoms with Crippen LogP contribution < -0.4 is 10.6 Å². The van der Waals surface area contributed by atoms with Gasteiger partial charge in [-0.05, 0) is 59.1 Å². The van der Waals surface area contributed by atoms with Crippen LogP contribution in [0.4, 0.5) is 10.5 Å². The molecular weight excluding hydrogens is 442 g/mol. The molecule has 1 unspecified atom stereocenters. The van der Waals surface area contributed by atoms with Crippen molar-refractivity contribution < 1.29 is 33.4 Å². The molecule has 0 aromatic heterocycles. The van der Waals surface area contributed by atoms with E-state index in [1.54, 1.807) is 52.0 Å². The van der Waals surface area contributed by atoms with Gasteiger partial charge in [-0.3, -0.25) is 14.4 Å². The fraction of sp³-hybridized carbons (Fsp3) is 0.542. The molecule has 1 saturated heterocycles. The normalized spacial score (nSPS) is 17.8. The first-order chi connectivity index (χ1) is 16.0. The molecule has 2 atom stereocenters. The third-order valence-corrected chi connectivity index (χ3v) is 5.02. The quantitative estimate of drug-likeness (QED) is 0.525. The number of benzene rings is 1. The molecule has 2 N–H and O–H groups in total. The molecule has 10 heteroatoms. The van der Waals surface area contributed by atoms with Crippen molar-refractivity contribution in [2.24, 2.45) is 5.92 Å². The highest BCUT2D eigenvalue weighted by atomic mass is 16.6. The molecule has 10 nitrogen and oxygen atoms in total. The Balaban J connectivity index is 1.85. The SMILES string of the molecule is CCOC(=O)C1C[C@@H](CCCC(=O)NCC(=O)Nc2ccccc2)C(=O)N1C(=O)OC(C)(C)C. The zero-order chi connectivity index (χ0) is 25.3.